The lowest BCUT2D eigenvalue weighted by Crippen LogP contribution is -1.99. The molecule has 0 N–H and O–H groups in total. The van der Waals surface area contributed by atoms with E-state index in [-0.39, 0.29) is 10.6 Å². The zero-order valence-corrected chi connectivity index (χ0v) is 14.7. The van der Waals surface area contributed by atoms with Crippen molar-refractivity contribution in [1.29, 1.82) is 0 Å². The highest BCUT2D eigenvalue weighted by molar-refractivity contribution is 9.10. The summed E-state index contributed by atoms with van der Waals surface area (Å²) in [4.78, 5) is 11.3. The van der Waals surface area contributed by atoms with Gasteiger partial charge < -0.3 is 4.57 Å². The number of nitrogens with zero attached hydrogens (tertiary/aromatic N) is 2. The number of hydrogen-bond donors (Lipinski definition) is 0. The van der Waals surface area contributed by atoms with Crippen LogP contribution in [0.4, 0.5) is 5.69 Å². The highest BCUT2D eigenvalue weighted by Crippen LogP contribution is 2.39. The lowest BCUT2D eigenvalue weighted by atomic mass is 10.1. The molecular weight excluding hydrogens is 380 g/mol. The highest BCUT2D eigenvalue weighted by Gasteiger charge is 2.23. The van der Waals surface area contributed by atoms with Crippen molar-refractivity contribution in [3.8, 4) is 16.9 Å². The van der Waals surface area contributed by atoms with Crippen LogP contribution in [0.1, 0.15) is 0 Å². The van der Waals surface area contributed by atoms with E-state index in [0.29, 0.717) is 10.0 Å². The number of aromatic nitrogens is 1. The van der Waals surface area contributed by atoms with Gasteiger partial charge in [-0.1, -0.05) is 42.5 Å². The summed E-state index contributed by atoms with van der Waals surface area (Å²) in [6, 6.07) is 25.2. The molecule has 0 aliphatic carbocycles. The van der Waals surface area contributed by atoms with Crippen molar-refractivity contribution in [1.82, 2.24) is 4.57 Å². The van der Waals surface area contributed by atoms with Gasteiger partial charge in [0.1, 0.15) is 0 Å². The fraction of sp³-hybridized carbons (Fsp3) is 0. The van der Waals surface area contributed by atoms with E-state index in [1.54, 1.807) is 12.1 Å². The Morgan fingerprint density at radius 3 is 2.36 bits per heavy atom. The second-order valence-electron chi connectivity index (χ2n) is 5.65. The van der Waals surface area contributed by atoms with Gasteiger partial charge in [-0.15, -0.1) is 0 Å². The minimum atomic E-state index is -0.341. The van der Waals surface area contributed by atoms with E-state index >= 15 is 0 Å². The zero-order chi connectivity index (χ0) is 17.4. The molecule has 0 fully saturated rings. The van der Waals surface area contributed by atoms with E-state index in [9.17, 15) is 10.1 Å². The van der Waals surface area contributed by atoms with E-state index in [4.69, 9.17) is 0 Å². The molecule has 0 aliphatic heterocycles. The van der Waals surface area contributed by atoms with Gasteiger partial charge in [0.25, 0.3) is 5.69 Å². The maximum atomic E-state index is 11.6. The summed E-state index contributed by atoms with van der Waals surface area (Å²) in [7, 11) is 0. The first kappa shape index (κ1) is 15.6. The molecule has 0 spiro atoms. The Bertz CT molecular complexity index is 1090. The maximum absolute atomic E-state index is 11.6. The van der Waals surface area contributed by atoms with Crippen molar-refractivity contribution in [3.05, 3.63) is 93.4 Å². The number of rotatable bonds is 3. The molecule has 0 saturated heterocycles. The predicted octanol–water partition coefficient (Wildman–Crippen LogP) is 5.97. The Labute approximate surface area is 152 Å². The summed E-state index contributed by atoms with van der Waals surface area (Å²) in [5, 5.41) is 12.7. The Morgan fingerprint density at radius 1 is 0.880 bits per heavy atom. The van der Waals surface area contributed by atoms with Crippen LogP contribution < -0.4 is 0 Å². The van der Waals surface area contributed by atoms with E-state index in [1.807, 2.05) is 66.7 Å². The molecule has 1 aromatic heterocycles. The van der Waals surface area contributed by atoms with Crippen molar-refractivity contribution < 1.29 is 4.92 Å². The van der Waals surface area contributed by atoms with Gasteiger partial charge in [-0.05, 0) is 52.3 Å². The summed E-state index contributed by atoms with van der Waals surface area (Å²) >= 11 is 3.32. The van der Waals surface area contributed by atoms with Gasteiger partial charge in [0, 0.05) is 11.1 Å². The van der Waals surface area contributed by atoms with E-state index in [0.717, 1.165) is 22.3 Å². The molecule has 4 aromatic rings. The molecule has 0 saturated carbocycles. The lowest BCUT2D eigenvalue weighted by Gasteiger charge is -2.12. The van der Waals surface area contributed by atoms with Crippen LogP contribution in [0, 0.1) is 10.1 Å². The summed E-state index contributed by atoms with van der Waals surface area (Å²) in [6.07, 6.45) is 0. The van der Waals surface area contributed by atoms with Crippen LogP contribution in [0.3, 0.4) is 0 Å². The smallest absolute Gasteiger partial charge is 0.292 e. The number of nitro benzene ring substituents is 1. The van der Waals surface area contributed by atoms with Crippen LogP contribution in [0.5, 0.6) is 0 Å². The van der Waals surface area contributed by atoms with E-state index in [1.165, 1.54) is 0 Å². The quantitative estimate of drug-likeness (QED) is 0.318. The van der Waals surface area contributed by atoms with Crippen molar-refractivity contribution in [2.24, 2.45) is 0 Å². The van der Waals surface area contributed by atoms with Crippen LogP contribution in [0.25, 0.3) is 27.8 Å². The number of para-hydroxylation sites is 3. The van der Waals surface area contributed by atoms with E-state index in [2.05, 4.69) is 20.5 Å². The molecule has 0 aliphatic rings. The third-order valence-electron chi connectivity index (χ3n) is 4.17. The van der Waals surface area contributed by atoms with Crippen molar-refractivity contribution >= 4 is 32.5 Å². The van der Waals surface area contributed by atoms with Gasteiger partial charge >= 0.3 is 0 Å². The Hall–Kier alpha value is -2.92. The predicted molar refractivity (Wildman–Crippen MR) is 103 cm³/mol. The fourth-order valence-electron chi connectivity index (χ4n) is 3.12. The first-order valence-corrected chi connectivity index (χ1v) is 8.55. The van der Waals surface area contributed by atoms with Crippen LogP contribution >= 0.6 is 15.9 Å². The van der Waals surface area contributed by atoms with Gasteiger partial charge in [-0.2, -0.15) is 0 Å². The first-order valence-electron chi connectivity index (χ1n) is 7.76. The molecule has 0 unspecified atom stereocenters. The summed E-state index contributed by atoms with van der Waals surface area (Å²) in [5.74, 6) is 0. The third kappa shape index (κ3) is 2.62. The Kier molecular flexibility index (Phi) is 3.86. The molecule has 5 heteroatoms. The van der Waals surface area contributed by atoms with Crippen LogP contribution in [0.15, 0.2) is 83.3 Å². The number of fused-ring (bicyclic) bond motifs is 1. The molecule has 0 radical (unpaired) electrons. The monoisotopic (exact) mass is 392 g/mol. The molecule has 0 bridgehead atoms. The molecule has 4 nitrogen and oxygen atoms in total. The van der Waals surface area contributed by atoms with Crippen LogP contribution in [0.2, 0.25) is 0 Å². The molecule has 0 atom stereocenters. The third-order valence-corrected chi connectivity index (χ3v) is 4.81. The average molecular weight is 393 g/mol. The van der Waals surface area contributed by atoms with Crippen LogP contribution in [-0.4, -0.2) is 9.49 Å². The molecule has 3 aromatic carbocycles. The Balaban J connectivity index is 2.11. The fourth-order valence-corrected chi connectivity index (χ4v) is 3.63. The number of halogens is 1. The summed E-state index contributed by atoms with van der Waals surface area (Å²) < 4.78 is 2.53. The largest absolute Gasteiger partial charge is 0.309 e. The normalized spacial score (nSPS) is 10.9. The van der Waals surface area contributed by atoms with E-state index < -0.39 is 0 Å². The average Bonchev–Trinajstić information content (AvgIpc) is 3.01. The van der Waals surface area contributed by atoms with Gasteiger partial charge in [-0.25, -0.2) is 0 Å². The van der Waals surface area contributed by atoms with Crippen LogP contribution in [-0.2, 0) is 0 Å². The van der Waals surface area contributed by atoms with Gasteiger partial charge in [-0.3, -0.25) is 10.1 Å². The molecule has 25 heavy (non-hydrogen) atoms. The topological polar surface area (TPSA) is 48.1 Å². The van der Waals surface area contributed by atoms with Gasteiger partial charge in [0.15, 0.2) is 0 Å². The maximum Gasteiger partial charge on any atom is 0.292 e. The molecule has 0 amide bonds. The van der Waals surface area contributed by atoms with Crippen molar-refractivity contribution in [2.45, 2.75) is 0 Å². The van der Waals surface area contributed by atoms with Crippen molar-refractivity contribution in [3.63, 3.8) is 0 Å². The Morgan fingerprint density at radius 2 is 1.60 bits per heavy atom. The van der Waals surface area contributed by atoms with Gasteiger partial charge in [0.2, 0.25) is 0 Å². The lowest BCUT2D eigenvalue weighted by molar-refractivity contribution is -0.385. The highest BCUT2D eigenvalue weighted by atomic mass is 79.9. The molecule has 122 valence electrons. The second kappa shape index (κ2) is 6.18. The molecule has 4 rings (SSSR count). The second-order valence-corrected chi connectivity index (χ2v) is 6.51. The molecular formula is C20H13BrN2O2. The van der Waals surface area contributed by atoms with Gasteiger partial charge in [0.05, 0.1) is 26.2 Å². The summed E-state index contributed by atoms with van der Waals surface area (Å²) in [6.45, 7) is 0. The first-order chi connectivity index (χ1) is 12.2. The number of benzene rings is 3. The summed E-state index contributed by atoms with van der Waals surface area (Å²) in [5.41, 5.74) is 3.42. The van der Waals surface area contributed by atoms with Crippen molar-refractivity contribution in [2.75, 3.05) is 0 Å². The molecule has 1 heterocycles. The minimum Gasteiger partial charge on any atom is -0.309 e. The standard InChI is InChI=1S/C20H13BrN2O2/c21-17-11-6-10-16(20(17)23(24)25)19-13-14-7-4-5-12-18(14)22(19)15-8-2-1-3-9-15/h1-13H. The number of nitro groups is 1. The zero-order valence-electron chi connectivity index (χ0n) is 13.1. The number of hydrogen-bond acceptors (Lipinski definition) is 2. The minimum absolute atomic E-state index is 0.0717. The SMILES string of the molecule is O=[N+]([O-])c1c(Br)cccc1-c1cc2ccccc2n1-c1ccccc1.